The van der Waals surface area contributed by atoms with Crippen molar-refractivity contribution in [3.05, 3.63) is 29.8 Å². The van der Waals surface area contributed by atoms with Crippen LogP contribution < -0.4 is 4.74 Å². The van der Waals surface area contributed by atoms with Crippen molar-refractivity contribution in [2.24, 2.45) is 0 Å². The fraction of sp³-hybridized carbons (Fsp3) is 0.600. The van der Waals surface area contributed by atoms with Crippen LogP contribution in [0.1, 0.15) is 31.2 Å². The molecule has 0 bridgehead atoms. The molecule has 0 spiro atoms. The van der Waals surface area contributed by atoms with Crippen LogP contribution in [0, 0.1) is 0 Å². The summed E-state index contributed by atoms with van der Waals surface area (Å²) in [7, 11) is 1.65. The molecule has 1 aromatic carbocycles. The van der Waals surface area contributed by atoms with Crippen LogP contribution in [-0.2, 0) is 11.3 Å². The molecular weight excluding hydrogens is 226 g/mol. The summed E-state index contributed by atoms with van der Waals surface area (Å²) in [5.74, 6) is 0.948. The van der Waals surface area contributed by atoms with E-state index in [2.05, 4.69) is 17.0 Å². The van der Waals surface area contributed by atoms with Gasteiger partial charge in [0.25, 0.3) is 0 Å². The molecule has 0 atom stereocenters. The van der Waals surface area contributed by atoms with Crippen LogP contribution in [0.5, 0.6) is 5.75 Å². The molecule has 0 radical (unpaired) electrons. The maximum absolute atomic E-state index is 5.61. The molecule has 1 heterocycles. The van der Waals surface area contributed by atoms with Crippen molar-refractivity contribution in [2.45, 2.75) is 32.2 Å². The molecular formula is C15H23NO2. The van der Waals surface area contributed by atoms with Gasteiger partial charge in [-0.1, -0.05) is 31.0 Å². The third-order valence-corrected chi connectivity index (χ3v) is 3.40. The van der Waals surface area contributed by atoms with Crippen LogP contribution in [0.2, 0.25) is 0 Å². The van der Waals surface area contributed by atoms with Crippen molar-refractivity contribution in [3.8, 4) is 5.75 Å². The molecule has 1 fully saturated rings. The molecule has 3 heteroatoms. The summed E-state index contributed by atoms with van der Waals surface area (Å²) in [4.78, 5) is 2.53. The monoisotopic (exact) mass is 249 g/mol. The van der Waals surface area contributed by atoms with Gasteiger partial charge in [-0.15, -0.1) is 0 Å². The van der Waals surface area contributed by atoms with E-state index in [1.165, 1.54) is 44.3 Å². The molecule has 1 aromatic rings. The Kier molecular flexibility index (Phi) is 5.49. The van der Waals surface area contributed by atoms with Gasteiger partial charge in [-0.25, -0.2) is 0 Å². The van der Waals surface area contributed by atoms with Crippen molar-refractivity contribution >= 4 is 0 Å². The van der Waals surface area contributed by atoms with Gasteiger partial charge in [-0.3, -0.25) is 4.90 Å². The quantitative estimate of drug-likeness (QED) is 0.749. The van der Waals surface area contributed by atoms with Crippen LogP contribution in [0.25, 0.3) is 0 Å². The lowest BCUT2D eigenvalue weighted by molar-refractivity contribution is 0.0498. The van der Waals surface area contributed by atoms with E-state index in [9.17, 15) is 0 Å². The topological polar surface area (TPSA) is 21.7 Å². The fourth-order valence-electron chi connectivity index (χ4n) is 2.43. The second-order valence-electron chi connectivity index (χ2n) is 4.85. The van der Waals surface area contributed by atoms with Gasteiger partial charge >= 0.3 is 0 Å². The van der Waals surface area contributed by atoms with E-state index in [0.717, 1.165) is 12.3 Å². The highest BCUT2D eigenvalue weighted by atomic mass is 16.7. The highest BCUT2D eigenvalue weighted by Gasteiger charge is 2.11. The zero-order valence-electron chi connectivity index (χ0n) is 11.2. The summed E-state index contributed by atoms with van der Waals surface area (Å²) >= 11 is 0. The number of nitrogens with zero attached hydrogens (tertiary/aromatic N) is 1. The highest BCUT2D eigenvalue weighted by molar-refractivity contribution is 5.33. The zero-order chi connectivity index (χ0) is 12.6. The van der Waals surface area contributed by atoms with Crippen molar-refractivity contribution in [1.82, 2.24) is 4.90 Å². The van der Waals surface area contributed by atoms with Gasteiger partial charge in [0.15, 0.2) is 6.79 Å². The highest BCUT2D eigenvalue weighted by Crippen LogP contribution is 2.21. The number of benzene rings is 1. The van der Waals surface area contributed by atoms with E-state index in [-0.39, 0.29) is 0 Å². The zero-order valence-corrected chi connectivity index (χ0v) is 11.2. The van der Waals surface area contributed by atoms with Crippen molar-refractivity contribution in [2.75, 3.05) is 27.0 Å². The van der Waals surface area contributed by atoms with Gasteiger partial charge in [0.2, 0.25) is 0 Å². The van der Waals surface area contributed by atoms with Crippen LogP contribution >= 0.6 is 0 Å². The lowest BCUT2D eigenvalue weighted by Gasteiger charge is -2.21. The van der Waals surface area contributed by atoms with Crippen LogP contribution in [0.4, 0.5) is 0 Å². The second-order valence-corrected chi connectivity index (χ2v) is 4.85. The fourth-order valence-corrected chi connectivity index (χ4v) is 2.43. The summed E-state index contributed by atoms with van der Waals surface area (Å²) in [6.07, 6.45) is 5.39. The van der Waals surface area contributed by atoms with Crippen molar-refractivity contribution in [3.63, 3.8) is 0 Å². The first-order valence-electron chi connectivity index (χ1n) is 6.82. The third kappa shape index (κ3) is 4.00. The smallest absolute Gasteiger partial charge is 0.188 e. The lowest BCUT2D eigenvalue weighted by Crippen LogP contribution is -2.24. The number of likely N-dealkylation sites (tertiary alicyclic amines) is 1. The molecule has 0 aromatic heterocycles. The van der Waals surface area contributed by atoms with E-state index in [0.29, 0.717) is 6.79 Å². The Balaban J connectivity index is 1.98. The average molecular weight is 249 g/mol. The van der Waals surface area contributed by atoms with Crippen LogP contribution in [0.15, 0.2) is 24.3 Å². The molecule has 2 rings (SSSR count). The van der Waals surface area contributed by atoms with E-state index >= 15 is 0 Å². The number of hydrogen-bond donors (Lipinski definition) is 0. The third-order valence-electron chi connectivity index (χ3n) is 3.40. The van der Waals surface area contributed by atoms with E-state index < -0.39 is 0 Å². The SMILES string of the molecule is COCOc1ccccc1CN1CCCCCC1. The molecule has 18 heavy (non-hydrogen) atoms. The first-order chi connectivity index (χ1) is 8.90. The first kappa shape index (κ1) is 13.4. The summed E-state index contributed by atoms with van der Waals surface area (Å²) in [5.41, 5.74) is 1.26. The maximum atomic E-state index is 5.61. The van der Waals surface area contributed by atoms with Crippen LogP contribution in [-0.4, -0.2) is 31.9 Å². The summed E-state index contributed by atoms with van der Waals surface area (Å²) in [5, 5.41) is 0. The molecule has 0 unspecified atom stereocenters. The predicted octanol–water partition coefficient (Wildman–Crippen LogP) is 3.05. The lowest BCUT2D eigenvalue weighted by atomic mass is 10.2. The second kappa shape index (κ2) is 7.39. The number of para-hydroxylation sites is 1. The van der Waals surface area contributed by atoms with Gasteiger partial charge in [0.05, 0.1) is 0 Å². The Hall–Kier alpha value is -1.06. The van der Waals surface area contributed by atoms with Gasteiger partial charge < -0.3 is 9.47 Å². The van der Waals surface area contributed by atoms with E-state index in [1.54, 1.807) is 7.11 Å². The minimum absolute atomic E-state index is 0.316. The van der Waals surface area contributed by atoms with E-state index in [1.807, 2.05) is 12.1 Å². The molecule has 100 valence electrons. The van der Waals surface area contributed by atoms with Gasteiger partial charge in [-0.05, 0) is 32.0 Å². The largest absolute Gasteiger partial charge is 0.467 e. The van der Waals surface area contributed by atoms with Crippen molar-refractivity contribution in [1.29, 1.82) is 0 Å². The average Bonchev–Trinajstić information content (AvgIpc) is 2.66. The molecule has 0 N–H and O–H groups in total. The summed E-state index contributed by atoms with van der Waals surface area (Å²) in [6, 6.07) is 8.26. The first-order valence-corrected chi connectivity index (χ1v) is 6.82. The minimum Gasteiger partial charge on any atom is -0.467 e. The molecule has 1 aliphatic rings. The molecule has 1 aliphatic heterocycles. The minimum atomic E-state index is 0.316. The molecule has 0 amide bonds. The number of rotatable bonds is 5. The Morgan fingerprint density at radius 1 is 1.06 bits per heavy atom. The van der Waals surface area contributed by atoms with E-state index in [4.69, 9.17) is 9.47 Å². The van der Waals surface area contributed by atoms with Gasteiger partial charge in [0, 0.05) is 19.2 Å². The number of hydrogen-bond acceptors (Lipinski definition) is 3. The normalized spacial score (nSPS) is 17.4. The number of ether oxygens (including phenoxy) is 2. The molecule has 1 saturated heterocycles. The molecule has 3 nitrogen and oxygen atoms in total. The van der Waals surface area contributed by atoms with Crippen LogP contribution in [0.3, 0.4) is 0 Å². The Bertz CT molecular complexity index is 346. The molecule has 0 aliphatic carbocycles. The Labute approximate surface area is 110 Å². The molecule has 0 saturated carbocycles. The number of methoxy groups -OCH3 is 1. The maximum Gasteiger partial charge on any atom is 0.188 e. The Morgan fingerprint density at radius 2 is 1.78 bits per heavy atom. The van der Waals surface area contributed by atoms with Crippen molar-refractivity contribution < 1.29 is 9.47 Å². The summed E-state index contributed by atoms with van der Waals surface area (Å²) < 4.78 is 10.6. The Morgan fingerprint density at radius 3 is 2.50 bits per heavy atom. The predicted molar refractivity (Wildman–Crippen MR) is 72.7 cm³/mol. The van der Waals surface area contributed by atoms with Gasteiger partial charge in [0.1, 0.15) is 5.75 Å². The summed E-state index contributed by atoms with van der Waals surface area (Å²) in [6.45, 7) is 3.72. The van der Waals surface area contributed by atoms with Gasteiger partial charge in [-0.2, -0.15) is 0 Å². The standard InChI is InChI=1S/C15H23NO2/c1-17-13-18-15-9-5-4-8-14(15)12-16-10-6-2-3-7-11-16/h4-5,8-9H,2-3,6-7,10-13H2,1H3.